The standard InChI is InChI=1S/C16H12N4O4S/c1-21-11-6-3-2-5-10(11)14-17-13(24-20-14)9-25-16-19-18-15(23-16)12-7-4-8-22-12/h2-8H,9H2,1H3. The van der Waals surface area contributed by atoms with Gasteiger partial charge in [0.25, 0.3) is 11.1 Å². The van der Waals surface area contributed by atoms with Crippen LogP contribution in [0.3, 0.4) is 0 Å². The van der Waals surface area contributed by atoms with Crippen LogP contribution >= 0.6 is 11.8 Å². The highest BCUT2D eigenvalue weighted by Gasteiger charge is 2.15. The minimum Gasteiger partial charge on any atom is -0.496 e. The van der Waals surface area contributed by atoms with Gasteiger partial charge in [-0.1, -0.05) is 29.1 Å². The quantitative estimate of drug-likeness (QED) is 0.479. The highest BCUT2D eigenvalue weighted by atomic mass is 32.2. The number of rotatable bonds is 6. The molecule has 0 spiro atoms. The zero-order valence-electron chi connectivity index (χ0n) is 13.1. The van der Waals surface area contributed by atoms with E-state index < -0.39 is 0 Å². The summed E-state index contributed by atoms with van der Waals surface area (Å²) in [5.74, 6) is 2.85. The molecule has 4 rings (SSSR count). The van der Waals surface area contributed by atoms with Crippen molar-refractivity contribution in [2.75, 3.05) is 7.11 Å². The molecule has 0 atom stereocenters. The third kappa shape index (κ3) is 3.26. The summed E-state index contributed by atoms with van der Waals surface area (Å²) in [6.07, 6.45) is 1.55. The minimum absolute atomic E-state index is 0.327. The highest BCUT2D eigenvalue weighted by molar-refractivity contribution is 7.98. The molecule has 0 saturated heterocycles. The first-order valence-corrected chi connectivity index (χ1v) is 8.28. The number of para-hydroxylation sites is 1. The van der Waals surface area contributed by atoms with Gasteiger partial charge in [0.1, 0.15) is 5.75 Å². The number of nitrogens with zero attached hydrogens (tertiary/aromatic N) is 4. The molecule has 8 nitrogen and oxygen atoms in total. The number of thioether (sulfide) groups is 1. The molecule has 0 aliphatic carbocycles. The van der Waals surface area contributed by atoms with Crippen molar-refractivity contribution in [1.29, 1.82) is 0 Å². The van der Waals surface area contributed by atoms with Crippen molar-refractivity contribution in [3.05, 3.63) is 48.6 Å². The van der Waals surface area contributed by atoms with Crippen molar-refractivity contribution in [2.24, 2.45) is 0 Å². The van der Waals surface area contributed by atoms with Crippen molar-refractivity contribution < 1.29 is 18.1 Å². The van der Waals surface area contributed by atoms with Gasteiger partial charge in [0.15, 0.2) is 5.76 Å². The van der Waals surface area contributed by atoms with E-state index in [0.717, 1.165) is 5.56 Å². The van der Waals surface area contributed by atoms with Crippen LogP contribution in [0.2, 0.25) is 0 Å². The Morgan fingerprint density at radius 3 is 2.88 bits per heavy atom. The zero-order chi connectivity index (χ0) is 17.1. The van der Waals surface area contributed by atoms with Gasteiger partial charge in [0.2, 0.25) is 11.7 Å². The van der Waals surface area contributed by atoms with Gasteiger partial charge in [0.05, 0.1) is 24.7 Å². The van der Waals surface area contributed by atoms with Crippen LogP contribution in [0.5, 0.6) is 5.75 Å². The molecule has 0 radical (unpaired) electrons. The second-order valence-corrected chi connectivity index (χ2v) is 5.78. The van der Waals surface area contributed by atoms with E-state index in [1.165, 1.54) is 11.8 Å². The van der Waals surface area contributed by atoms with Crippen LogP contribution < -0.4 is 4.74 Å². The average molecular weight is 356 g/mol. The number of methoxy groups -OCH3 is 1. The van der Waals surface area contributed by atoms with E-state index in [-0.39, 0.29) is 0 Å². The van der Waals surface area contributed by atoms with Gasteiger partial charge in [-0.3, -0.25) is 0 Å². The van der Waals surface area contributed by atoms with Crippen molar-refractivity contribution in [2.45, 2.75) is 11.0 Å². The topological polar surface area (TPSA) is 100 Å². The lowest BCUT2D eigenvalue weighted by Crippen LogP contribution is -1.89. The summed E-state index contributed by atoms with van der Waals surface area (Å²) in [7, 11) is 1.60. The van der Waals surface area contributed by atoms with Crippen molar-refractivity contribution in [1.82, 2.24) is 20.3 Å². The summed E-state index contributed by atoms with van der Waals surface area (Å²) in [6, 6.07) is 11.0. The molecule has 0 unspecified atom stereocenters. The van der Waals surface area contributed by atoms with Crippen LogP contribution in [0.1, 0.15) is 5.89 Å². The predicted octanol–water partition coefficient (Wildman–Crippen LogP) is 3.68. The molecular formula is C16H12N4O4S. The highest BCUT2D eigenvalue weighted by Crippen LogP contribution is 2.29. The minimum atomic E-state index is 0.327. The third-order valence-corrected chi connectivity index (χ3v) is 4.08. The maximum atomic E-state index is 5.51. The molecule has 0 aliphatic rings. The predicted molar refractivity (Wildman–Crippen MR) is 87.8 cm³/mol. The fourth-order valence-corrected chi connectivity index (χ4v) is 2.74. The molecule has 25 heavy (non-hydrogen) atoms. The number of hydrogen-bond acceptors (Lipinski definition) is 9. The van der Waals surface area contributed by atoms with E-state index in [9.17, 15) is 0 Å². The number of hydrogen-bond donors (Lipinski definition) is 0. The fraction of sp³-hybridized carbons (Fsp3) is 0.125. The van der Waals surface area contributed by atoms with E-state index in [0.29, 0.717) is 40.1 Å². The third-order valence-electron chi connectivity index (χ3n) is 3.27. The van der Waals surface area contributed by atoms with Crippen molar-refractivity contribution >= 4 is 11.8 Å². The van der Waals surface area contributed by atoms with E-state index in [1.54, 1.807) is 25.5 Å². The molecule has 0 N–H and O–H groups in total. The summed E-state index contributed by atoms with van der Waals surface area (Å²) < 4.78 is 21.3. The van der Waals surface area contributed by atoms with Crippen molar-refractivity contribution in [3.8, 4) is 28.8 Å². The summed E-state index contributed by atoms with van der Waals surface area (Å²) in [5.41, 5.74) is 0.767. The fourth-order valence-electron chi connectivity index (χ4n) is 2.14. The molecule has 0 bridgehead atoms. The summed E-state index contributed by atoms with van der Waals surface area (Å²) in [4.78, 5) is 4.37. The van der Waals surface area contributed by atoms with E-state index in [2.05, 4.69) is 20.3 Å². The largest absolute Gasteiger partial charge is 0.496 e. The van der Waals surface area contributed by atoms with Crippen LogP contribution in [0.25, 0.3) is 23.0 Å². The number of furan rings is 1. The van der Waals surface area contributed by atoms with E-state index in [1.807, 2.05) is 24.3 Å². The van der Waals surface area contributed by atoms with Gasteiger partial charge in [-0.15, -0.1) is 10.2 Å². The Morgan fingerprint density at radius 1 is 1.12 bits per heavy atom. The van der Waals surface area contributed by atoms with Crippen LogP contribution in [0.15, 0.2) is 61.2 Å². The Bertz CT molecular complexity index is 964. The Hall–Kier alpha value is -3.07. The maximum absolute atomic E-state index is 5.51. The molecule has 3 heterocycles. The lowest BCUT2D eigenvalue weighted by molar-refractivity contribution is 0.389. The van der Waals surface area contributed by atoms with Gasteiger partial charge in [0, 0.05) is 0 Å². The zero-order valence-corrected chi connectivity index (χ0v) is 13.9. The van der Waals surface area contributed by atoms with Crippen molar-refractivity contribution in [3.63, 3.8) is 0 Å². The molecule has 3 aromatic heterocycles. The normalized spacial score (nSPS) is 10.9. The average Bonchev–Trinajstić information content (AvgIpc) is 3.40. The molecule has 0 saturated carbocycles. The Morgan fingerprint density at radius 2 is 2.04 bits per heavy atom. The first-order chi connectivity index (χ1) is 12.3. The molecular weight excluding hydrogens is 344 g/mol. The summed E-state index contributed by atoms with van der Waals surface area (Å²) in [5, 5.41) is 12.3. The van der Waals surface area contributed by atoms with E-state index >= 15 is 0 Å². The van der Waals surface area contributed by atoms with Crippen LogP contribution in [0, 0.1) is 0 Å². The Kier molecular flexibility index (Phi) is 4.21. The Balaban J connectivity index is 1.45. The number of aromatic nitrogens is 4. The molecule has 0 amide bonds. The van der Waals surface area contributed by atoms with E-state index in [4.69, 9.17) is 18.1 Å². The van der Waals surface area contributed by atoms with Gasteiger partial charge < -0.3 is 18.1 Å². The first-order valence-electron chi connectivity index (χ1n) is 7.29. The second-order valence-electron chi connectivity index (χ2n) is 4.85. The lowest BCUT2D eigenvalue weighted by atomic mass is 10.2. The Labute approximate surface area is 146 Å². The maximum Gasteiger partial charge on any atom is 0.284 e. The molecule has 1 aromatic carbocycles. The van der Waals surface area contributed by atoms with Crippen LogP contribution in [0.4, 0.5) is 0 Å². The summed E-state index contributed by atoms with van der Waals surface area (Å²) >= 11 is 1.30. The second kappa shape index (κ2) is 6.81. The van der Waals surface area contributed by atoms with Gasteiger partial charge >= 0.3 is 0 Å². The first kappa shape index (κ1) is 15.5. The molecule has 0 aliphatic heterocycles. The monoisotopic (exact) mass is 356 g/mol. The smallest absolute Gasteiger partial charge is 0.284 e. The van der Waals surface area contributed by atoms with Gasteiger partial charge in [-0.25, -0.2) is 0 Å². The number of ether oxygens (including phenoxy) is 1. The number of benzene rings is 1. The van der Waals surface area contributed by atoms with Crippen LogP contribution in [-0.2, 0) is 5.75 Å². The SMILES string of the molecule is COc1ccccc1-c1noc(CSc2nnc(-c3ccco3)o2)n1. The summed E-state index contributed by atoms with van der Waals surface area (Å²) in [6.45, 7) is 0. The van der Waals surface area contributed by atoms with Gasteiger partial charge in [-0.05, 0) is 24.3 Å². The molecule has 9 heteroatoms. The molecule has 126 valence electrons. The lowest BCUT2D eigenvalue weighted by Gasteiger charge is -2.02. The van der Waals surface area contributed by atoms with Crippen LogP contribution in [-0.4, -0.2) is 27.4 Å². The molecule has 0 fully saturated rings. The van der Waals surface area contributed by atoms with Gasteiger partial charge in [-0.2, -0.15) is 4.98 Å². The molecule has 4 aromatic rings.